The molecule has 1 aromatic carbocycles. The molecule has 3 heterocycles. The van der Waals surface area contributed by atoms with Crippen molar-refractivity contribution in [1.82, 2.24) is 9.21 Å². The Morgan fingerprint density at radius 2 is 1.69 bits per heavy atom. The minimum absolute atomic E-state index is 0.00621. The summed E-state index contributed by atoms with van der Waals surface area (Å²) in [6.45, 7) is 2.99. The first-order valence-electron chi connectivity index (χ1n) is 10.2. The first-order valence-corrected chi connectivity index (χ1v) is 11.7. The Hall–Kier alpha value is -1.55. The molecule has 3 aliphatic heterocycles. The van der Waals surface area contributed by atoms with Gasteiger partial charge < -0.3 is 14.4 Å². The van der Waals surface area contributed by atoms with Crippen molar-refractivity contribution >= 4 is 15.9 Å². The summed E-state index contributed by atoms with van der Waals surface area (Å²) in [7, 11) is -3.74. The van der Waals surface area contributed by atoms with Crippen molar-refractivity contribution in [1.29, 1.82) is 0 Å². The summed E-state index contributed by atoms with van der Waals surface area (Å²) in [5.41, 5.74) is 0. The zero-order valence-corrected chi connectivity index (χ0v) is 17.2. The monoisotopic (exact) mass is 426 g/mol. The number of amides is 1. The Bertz CT molecular complexity index is 826. The van der Waals surface area contributed by atoms with Crippen LogP contribution in [0.25, 0.3) is 0 Å². The van der Waals surface area contributed by atoms with Crippen molar-refractivity contribution < 1.29 is 27.1 Å². The fourth-order valence-corrected chi connectivity index (χ4v) is 5.98. The number of carbonyl (C=O) groups is 1. The molecule has 0 radical (unpaired) electrons. The van der Waals surface area contributed by atoms with Crippen LogP contribution >= 0.6 is 0 Å². The van der Waals surface area contributed by atoms with E-state index in [4.69, 9.17) is 9.47 Å². The summed E-state index contributed by atoms with van der Waals surface area (Å²) in [5.74, 6) is -0.668. The molecule has 3 fully saturated rings. The summed E-state index contributed by atoms with van der Waals surface area (Å²) in [6, 6.07) is 4.82. The van der Waals surface area contributed by atoms with Crippen LogP contribution < -0.4 is 0 Å². The first-order chi connectivity index (χ1) is 13.9. The highest BCUT2D eigenvalue weighted by Gasteiger charge is 2.38. The maximum absolute atomic E-state index is 13.2. The number of hydrogen-bond acceptors (Lipinski definition) is 5. The molecular weight excluding hydrogens is 399 g/mol. The van der Waals surface area contributed by atoms with Crippen molar-refractivity contribution in [2.75, 3.05) is 39.4 Å². The number of hydrogen-bond donors (Lipinski definition) is 0. The van der Waals surface area contributed by atoms with Crippen LogP contribution in [0.3, 0.4) is 0 Å². The number of ether oxygens (including phenoxy) is 2. The normalized spacial score (nSPS) is 27.3. The predicted octanol–water partition coefficient (Wildman–Crippen LogP) is 1.84. The number of sulfonamides is 1. The molecule has 0 aliphatic carbocycles. The van der Waals surface area contributed by atoms with Gasteiger partial charge in [-0.1, -0.05) is 0 Å². The number of nitrogens with zero attached hydrogens (tertiary/aromatic N) is 2. The number of likely N-dealkylation sites (tertiary alicyclic amines) is 1. The van der Waals surface area contributed by atoms with E-state index in [1.807, 2.05) is 4.90 Å². The van der Waals surface area contributed by atoms with Crippen molar-refractivity contribution in [2.45, 2.75) is 36.9 Å². The van der Waals surface area contributed by atoms with E-state index in [1.165, 1.54) is 16.4 Å². The van der Waals surface area contributed by atoms with Gasteiger partial charge in [-0.3, -0.25) is 4.79 Å². The van der Waals surface area contributed by atoms with Gasteiger partial charge in [0, 0.05) is 32.1 Å². The van der Waals surface area contributed by atoms with Gasteiger partial charge in [0.1, 0.15) is 5.82 Å². The molecule has 0 bridgehead atoms. The molecule has 2 unspecified atom stereocenters. The summed E-state index contributed by atoms with van der Waals surface area (Å²) in [6.07, 6.45) is 2.91. The van der Waals surface area contributed by atoms with Crippen molar-refractivity contribution in [3.63, 3.8) is 0 Å². The second-order valence-electron chi connectivity index (χ2n) is 7.95. The van der Waals surface area contributed by atoms with E-state index in [0.29, 0.717) is 45.7 Å². The van der Waals surface area contributed by atoms with Gasteiger partial charge in [0.15, 0.2) is 6.29 Å². The fourth-order valence-electron chi connectivity index (χ4n) is 4.46. The lowest BCUT2D eigenvalue weighted by Crippen LogP contribution is -2.50. The van der Waals surface area contributed by atoms with Crippen molar-refractivity contribution in [3.05, 3.63) is 30.1 Å². The highest BCUT2D eigenvalue weighted by molar-refractivity contribution is 7.89. The maximum Gasteiger partial charge on any atom is 0.243 e. The Balaban J connectivity index is 1.42. The van der Waals surface area contributed by atoms with E-state index in [-0.39, 0.29) is 35.5 Å². The molecule has 2 atom stereocenters. The average Bonchev–Trinajstić information content (AvgIpc) is 3.29. The minimum Gasteiger partial charge on any atom is -0.350 e. The second kappa shape index (κ2) is 8.67. The third-order valence-electron chi connectivity index (χ3n) is 5.99. The summed E-state index contributed by atoms with van der Waals surface area (Å²) in [5, 5.41) is 0. The third-order valence-corrected chi connectivity index (χ3v) is 7.87. The Morgan fingerprint density at radius 3 is 2.41 bits per heavy atom. The molecule has 0 N–H and O–H groups in total. The minimum atomic E-state index is -3.74. The Morgan fingerprint density at radius 1 is 1.00 bits per heavy atom. The van der Waals surface area contributed by atoms with Gasteiger partial charge in [-0.25, -0.2) is 12.8 Å². The van der Waals surface area contributed by atoms with E-state index >= 15 is 0 Å². The van der Waals surface area contributed by atoms with Crippen LogP contribution in [-0.4, -0.2) is 69.2 Å². The zero-order valence-electron chi connectivity index (χ0n) is 16.3. The lowest BCUT2D eigenvalue weighted by Gasteiger charge is -2.38. The van der Waals surface area contributed by atoms with E-state index in [1.54, 1.807) is 0 Å². The number of benzene rings is 1. The number of halogens is 1. The first kappa shape index (κ1) is 20.7. The van der Waals surface area contributed by atoms with Gasteiger partial charge >= 0.3 is 0 Å². The van der Waals surface area contributed by atoms with Crippen LogP contribution in [0.1, 0.15) is 25.7 Å². The third kappa shape index (κ3) is 4.47. The quantitative estimate of drug-likeness (QED) is 0.734. The molecule has 1 aromatic rings. The van der Waals surface area contributed by atoms with E-state index in [0.717, 1.165) is 25.0 Å². The van der Waals surface area contributed by atoms with Crippen molar-refractivity contribution in [3.8, 4) is 0 Å². The molecule has 0 spiro atoms. The van der Waals surface area contributed by atoms with Crippen LogP contribution in [0.5, 0.6) is 0 Å². The van der Waals surface area contributed by atoms with Crippen LogP contribution in [0, 0.1) is 17.7 Å². The molecule has 9 heteroatoms. The highest BCUT2D eigenvalue weighted by Crippen LogP contribution is 2.29. The lowest BCUT2D eigenvalue weighted by molar-refractivity contribution is -0.144. The second-order valence-corrected chi connectivity index (χ2v) is 9.89. The van der Waals surface area contributed by atoms with Gasteiger partial charge in [-0.15, -0.1) is 0 Å². The molecule has 160 valence electrons. The maximum atomic E-state index is 13.2. The van der Waals surface area contributed by atoms with Crippen molar-refractivity contribution in [2.24, 2.45) is 11.8 Å². The SMILES string of the molecule is O=C(C1CCCN(S(=O)(=O)c2ccc(F)cc2)C1)N1CCCC(C2OCCO2)C1. The summed E-state index contributed by atoms with van der Waals surface area (Å²) >= 11 is 0. The zero-order chi connectivity index (χ0) is 20.4. The molecule has 3 saturated heterocycles. The molecule has 7 nitrogen and oxygen atoms in total. The Labute approximate surface area is 170 Å². The molecular formula is C20H27FN2O5S. The van der Waals surface area contributed by atoms with Gasteiger partial charge in [-0.05, 0) is 49.9 Å². The number of rotatable bonds is 4. The molecule has 1 amide bonds. The van der Waals surface area contributed by atoms with Gasteiger partial charge in [0.05, 0.1) is 24.0 Å². The van der Waals surface area contributed by atoms with Crippen LogP contribution in [0.4, 0.5) is 4.39 Å². The van der Waals surface area contributed by atoms with Crippen LogP contribution in [0.15, 0.2) is 29.2 Å². The largest absolute Gasteiger partial charge is 0.350 e. The van der Waals surface area contributed by atoms with Gasteiger partial charge in [0.25, 0.3) is 0 Å². The van der Waals surface area contributed by atoms with Crippen LogP contribution in [0.2, 0.25) is 0 Å². The fraction of sp³-hybridized carbons (Fsp3) is 0.650. The highest BCUT2D eigenvalue weighted by atomic mass is 32.2. The molecule has 0 saturated carbocycles. The van der Waals surface area contributed by atoms with Gasteiger partial charge in [-0.2, -0.15) is 4.31 Å². The molecule has 3 aliphatic rings. The van der Waals surface area contributed by atoms with E-state index < -0.39 is 15.8 Å². The molecule has 0 aromatic heterocycles. The van der Waals surface area contributed by atoms with E-state index in [9.17, 15) is 17.6 Å². The number of piperidine rings is 2. The predicted molar refractivity (Wildman–Crippen MR) is 103 cm³/mol. The average molecular weight is 427 g/mol. The molecule has 29 heavy (non-hydrogen) atoms. The summed E-state index contributed by atoms with van der Waals surface area (Å²) < 4.78 is 51.6. The Kier molecular flexibility index (Phi) is 6.19. The number of carbonyl (C=O) groups excluding carboxylic acids is 1. The van der Waals surface area contributed by atoms with E-state index in [2.05, 4.69) is 0 Å². The van der Waals surface area contributed by atoms with Crippen LogP contribution in [-0.2, 0) is 24.3 Å². The smallest absolute Gasteiger partial charge is 0.243 e. The standard InChI is InChI=1S/C20H27FN2O5S/c21-17-5-7-18(8-6-17)29(25,26)23-10-2-3-15(14-23)19(24)22-9-1-4-16(13-22)20-27-11-12-28-20/h5-8,15-16,20H,1-4,9-14H2. The summed E-state index contributed by atoms with van der Waals surface area (Å²) in [4.78, 5) is 15.0. The topological polar surface area (TPSA) is 76.2 Å². The lowest BCUT2D eigenvalue weighted by atomic mass is 9.93. The van der Waals surface area contributed by atoms with Gasteiger partial charge in [0.2, 0.25) is 15.9 Å². The molecule has 4 rings (SSSR count).